The van der Waals surface area contributed by atoms with Gasteiger partial charge in [0.25, 0.3) is 5.91 Å². The molecule has 0 radical (unpaired) electrons. The second kappa shape index (κ2) is 5.80. The highest BCUT2D eigenvalue weighted by Gasteiger charge is 2.28. The number of amides is 1. The molecule has 4 heteroatoms. The standard InChI is InChI=1S/C17H22N2O2/c1-2-5-14-6-3-4-9-19(14)17(20)16-11-12-10-13(18)7-8-15(12)21-16/h7-8,10-11,14H,2-6,9,18H2,1H3. The number of nitrogens with zero attached hydrogens (tertiary/aromatic N) is 1. The van der Waals surface area contributed by atoms with Gasteiger partial charge in [-0.15, -0.1) is 0 Å². The lowest BCUT2D eigenvalue weighted by atomic mass is 9.98. The van der Waals surface area contributed by atoms with E-state index in [1.54, 1.807) is 6.07 Å². The Morgan fingerprint density at radius 3 is 3.05 bits per heavy atom. The molecule has 1 fully saturated rings. The van der Waals surface area contributed by atoms with Crippen LogP contribution in [0.5, 0.6) is 0 Å². The predicted octanol–water partition coefficient (Wildman–Crippen LogP) is 3.81. The summed E-state index contributed by atoms with van der Waals surface area (Å²) in [5.41, 5.74) is 7.18. The maximum atomic E-state index is 12.7. The fraction of sp³-hybridized carbons (Fsp3) is 0.471. The summed E-state index contributed by atoms with van der Waals surface area (Å²) in [5, 5.41) is 0.891. The van der Waals surface area contributed by atoms with E-state index in [2.05, 4.69) is 6.92 Å². The van der Waals surface area contributed by atoms with Crippen LogP contribution >= 0.6 is 0 Å². The molecular formula is C17H22N2O2. The molecule has 2 heterocycles. The summed E-state index contributed by atoms with van der Waals surface area (Å²) in [6, 6.07) is 7.62. The number of carbonyl (C=O) groups excluding carboxylic acids is 1. The molecule has 0 saturated carbocycles. The molecule has 1 atom stereocenters. The van der Waals surface area contributed by atoms with Crippen molar-refractivity contribution in [2.75, 3.05) is 12.3 Å². The second-order valence-electron chi connectivity index (χ2n) is 5.84. The zero-order chi connectivity index (χ0) is 14.8. The van der Waals surface area contributed by atoms with Crippen molar-refractivity contribution in [1.82, 2.24) is 4.90 Å². The number of nitrogen functional groups attached to an aromatic ring is 1. The van der Waals surface area contributed by atoms with Crippen LogP contribution in [0.25, 0.3) is 11.0 Å². The van der Waals surface area contributed by atoms with Gasteiger partial charge in [0.1, 0.15) is 5.58 Å². The van der Waals surface area contributed by atoms with Crippen molar-refractivity contribution in [3.63, 3.8) is 0 Å². The Morgan fingerprint density at radius 1 is 1.38 bits per heavy atom. The number of rotatable bonds is 3. The minimum atomic E-state index is 0.0166. The third kappa shape index (κ3) is 2.75. The van der Waals surface area contributed by atoms with E-state index in [1.165, 1.54) is 6.42 Å². The molecule has 1 saturated heterocycles. The van der Waals surface area contributed by atoms with Gasteiger partial charge in [0.15, 0.2) is 5.76 Å². The summed E-state index contributed by atoms with van der Waals surface area (Å²) in [5.74, 6) is 0.446. The van der Waals surface area contributed by atoms with Gasteiger partial charge in [-0.1, -0.05) is 13.3 Å². The van der Waals surface area contributed by atoms with Crippen molar-refractivity contribution in [2.45, 2.75) is 45.1 Å². The van der Waals surface area contributed by atoms with Crippen LogP contribution in [0, 0.1) is 0 Å². The number of likely N-dealkylation sites (tertiary alicyclic amines) is 1. The Balaban J connectivity index is 1.87. The number of fused-ring (bicyclic) bond motifs is 1. The highest BCUT2D eigenvalue weighted by molar-refractivity contribution is 5.96. The second-order valence-corrected chi connectivity index (χ2v) is 5.84. The Bertz CT molecular complexity index is 645. The first-order chi connectivity index (χ1) is 10.2. The molecule has 1 unspecified atom stereocenters. The number of nitrogens with two attached hydrogens (primary N) is 1. The molecule has 1 aromatic carbocycles. The molecule has 2 aromatic rings. The highest BCUT2D eigenvalue weighted by Crippen LogP contribution is 2.26. The first kappa shape index (κ1) is 14.0. The first-order valence-electron chi connectivity index (χ1n) is 7.79. The first-order valence-corrected chi connectivity index (χ1v) is 7.79. The average molecular weight is 286 g/mol. The lowest BCUT2D eigenvalue weighted by Crippen LogP contribution is -2.43. The number of carbonyl (C=O) groups is 1. The van der Waals surface area contributed by atoms with Gasteiger partial charge < -0.3 is 15.1 Å². The van der Waals surface area contributed by atoms with Gasteiger partial charge in [-0.05, 0) is 49.9 Å². The molecule has 1 amide bonds. The smallest absolute Gasteiger partial charge is 0.289 e. The summed E-state index contributed by atoms with van der Waals surface area (Å²) in [6.07, 6.45) is 5.57. The largest absolute Gasteiger partial charge is 0.451 e. The Morgan fingerprint density at radius 2 is 2.24 bits per heavy atom. The molecule has 1 aromatic heterocycles. The molecule has 1 aliphatic rings. The van der Waals surface area contributed by atoms with Crippen LogP contribution in [0.15, 0.2) is 28.7 Å². The third-order valence-electron chi connectivity index (χ3n) is 4.26. The van der Waals surface area contributed by atoms with Gasteiger partial charge in [-0.3, -0.25) is 4.79 Å². The van der Waals surface area contributed by atoms with E-state index in [0.29, 0.717) is 17.5 Å². The van der Waals surface area contributed by atoms with Gasteiger partial charge in [-0.25, -0.2) is 0 Å². The normalized spacial score (nSPS) is 19.1. The monoisotopic (exact) mass is 286 g/mol. The lowest BCUT2D eigenvalue weighted by molar-refractivity contribution is 0.0570. The number of anilines is 1. The van der Waals surface area contributed by atoms with Crippen LogP contribution in [0.4, 0.5) is 5.69 Å². The summed E-state index contributed by atoms with van der Waals surface area (Å²) < 4.78 is 5.72. The molecular weight excluding hydrogens is 264 g/mol. The minimum Gasteiger partial charge on any atom is -0.451 e. The van der Waals surface area contributed by atoms with Crippen molar-refractivity contribution >= 4 is 22.6 Å². The van der Waals surface area contributed by atoms with Gasteiger partial charge in [0, 0.05) is 23.7 Å². The third-order valence-corrected chi connectivity index (χ3v) is 4.26. The fourth-order valence-corrected chi connectivity index (χ4v) is 3.21. The van der Waals surface area contributed by atoms with Crippen molar-refractivity contribution in [3.8, 4) is 0 Å². The molecule has 3 rings (SSSR count). The minimum absolute atomic E-state index is 0.0166. The zero-order valence-electron chi connectivity index (χ0n) is 12.5. The summed E-state index contributed by atoms with van der Waals surface area (Å²) in [4.78, 5) is 14.7. The number of hydrogen-bond donors (Lipinski definition) is 1. The number of hydrogen-bond acceptors (Lipinski definition) is 3. The Labute approximate surface area is 124 Å². The number of benzene rings is 1. The van der Waals surface area contributed by atoms with E-state index in [1.807, 2.05) is 23.1 Å². The van der Waals surface area contributed by atoms with E-state index in [4.69, 9.17) is 10.2 Å². The summed E-state index contributed by atoms with van der Waals surface area (Å²) in [6.45, 7) is 3.00. The lowest BCUT2D eigenvalue weighted by Gasteiger charge is -2.35. The van der Waals surface area contributed by atoms with Crippen LogP contribution in [0.2, 0.25) is 0 Å². The quantitative estimate of drug-likeness (QED) is 0.873. The van der Waals surface area contributed by atoms with E-state index < -0.39 is 0 Å². The average Bonchev–Trinajstić information content (AvgIpc) is 2.90. The maximum absolute atomic E-state index is 12.7. The van der Waals surface area contributed by atoms with Crippen LogP contribution < -0.4 is 5.73 Å². The van der Waals surface area contributed by atoms with Crippen LogP contribution in [-0.2, 0) is 0 Å². The van der Waals surface area contributed by atoms with Gasteiger partial charge in [-0.2, -0.15) is 0 Å². The fourth-order valence-electron chi connectivity index (χ4n) is 3.21. The van der Waals surface area contributed by atoms with Crippen LogP contribution in [0.3, 0.4) is 0 Å². The molecule has 1 aliphatic heterocycles. The summed E-state index contributed by atoms with van der Waals surface area (Å²) >= 11 is 0. The van der Waals surface area contributed by atoms with Gasteiger partial charge in [0.05, 0.1) is 0 Å². The molecule has 0 spiro atoms. The maximum Gasteiger partial charge on any atom is 0.289 e. The van der Waals surface area contributed by atoms with Crippen LogP contribution in [-0.4, -0.2) is 23.4 Å². The Kier molecular flexibility index (Phi) is 3.86. The molecule has 4 nitrogen and oxygen atoms in total. The van der Waals surface area contributed by atoms with E-state index >= 15 is 0 Å². The highest BCUT2D eigenvalue weighted by atomic mass is 16.3. The topological polar surface area (TPSA) is 59.5 Å². The van der Waals surface area contributed by atoms with Gasteiger partial charge in [0.2, 0.25) is 0 Å². The van der Waals surface area contributed by atoms with E-state index in [9.17, 15) is 4.79 Å². The molecule has 0 bridgehead atoms. The SMILES string of the molecule is CCCC1CCCCN1C(=O)c1cc2cc(N)ccc2o1. The van der Waals surface area contributed by atoms with Crippen LogP contribution in [0.1, 0.15) is 49.6 Å². The molecule has 2 N–H and O–H groups in total. The van der Waals surface area contributed by atoms with Crippen molar-refractivity contribution in [2.24, 2.45) is 0 Å². The zero-order valence-corrected chi connectivity index (χ0v) is 12.5. The summed E-state index contributed by atoms with van der Waals surface area (Å²) in [7, 11) is 0. The Hall–Kier alpha value is -1.97. The van der Waals surface area contributed by atoms with Crippen molar-refractivity contribution in [1.29, 1.82) is 0 Å². The predicted molar refractivity (Wildman–Crippen MR) is 84.2 cm³/mol. The van der Waals surface area contributed by atoms with Crippen molar-refractivity contribution < 1.29 is 9.21 Å². The molecule has 21 heavy (non-hydrogen) atoms. The van der Waals surface area contributed by atoms with Gasteiger partial charge >= 0.3 is 0 Å². The van der Waals surface area contributed by atoms with E-state index in [0.717, 1.165) is 43.2 Å². The van der Waals surface area contributed by atoms with Crippen molar-refractivity contribution in [3.05, 3.63) is 30.0 Å². The molecule has 112 valence electrons. The number of piperidine rings is 1. The number of furan rings is 1. The van der Waals surface area contributed by atoms with E-state index in [-0.39, 0.29) is 5.91 Å². The molecule has 0 aliphatic carbocycles.